The summed E-state index contributed by atoms with van der Waals surface area (Å²) in [5.41, 5.74) is 1.25. The predicted octanol–water partition coefficient (Wildman–Crippen LogP) is 2.16. The Morgan fingerprint density at radius 2 is 2.22 bits per heavy atom. The number of carbonyl (C=O) groups is 1. The fourth-order valence-corrected chi connectivity index (χ4v) is 2.34. The number of hydrogen-bond donors (Lipinski definition) is 1. The van der Waals surface area contributed by atoms with Crippen molar-refractivity contribution in [2.45, 2.75) is 17.7 Å². The normalized spacial score (nSPS) is 23.4. The third kappa shape index (κ3) is 3.47. The van der Waals surface area contributed by atoms with Crippen LogP contribution in [0.1, 0.15) is 17.9 Å². The van der Waals surface area contributed by atoms with Crippen LogP contribution in [0, 0.1) is 5.92 Å². The number of ether oxygens (including phenoxy) is 1. The van der Waals surface area contributed by atoms with Crippen LogP contribution < -0.4 is 5.32 Å². The summed E-state index contributed by atoms with van der Waals surface area (Å²) < 4.78 is 4.92. The monoisotopic (exact) mass is 267 g/mol. The second-order valence-electron chi connectivity index (χ2n) is 4.66. The first-order valence-corrected chi connectivity index (χ1v) is 6.61. The largest absolute Gasteiger partial charge is 0.383 e. The molecule has 0 heterocycles. The van der Waals surface area contributed by atoms with Gasteiger partial charge in [-0.3, -0.25) is 4.79 Å². The van der Waals surface area contributed by atoms with Gasteiger partial charge in [-0.05, 0) is 17.9 Å². The first-order valence-electron chi connectivity index (χ1n) is 6.18. The van der Waals surface area contributed by atoms with E-state index in [-0.39, 0.29) is 17.2 Å². The molecule has 1 saturated carbocycles. The molecular weight excluding hydrogens is 250 g/mol. The van der Waals surface area contributed by atoms with Crippen LogP contribution in [0.2, 0.25) is 0 Å². The zero-order chi connectivity index (χ0) is 13.0. The van der Waals surface area contributed by atoms with Crippen molar-refractivity contribution in [2.75, 3.05) is 20.3 Å². The van der Waals surface area contributed by atoms with E-state index in [1.807, 2.05) is 18.2 Å². The van der Waals surface area contributed by atoms with Crippen molar-refractivity contribution < 1.29 is 9.53 Å². The molecule has 2 rings (SSSR count). The Hall–Kier alpha value is -1.06. The van der Waals surface area contributed by atoms with E-state index in [2.05, 4.69) is 17.4 Å². The summed E-state index contributed by atoms with van der Waals surface area (Å²) in [6, 6.07) is 10.2. The highest BCUT2D eigenvalue weighted by Crippen LogP contribution is 2.47. The molecule has 0 bridgehead atoms. The lowest BCUT2D eigenvalue weighted by atomic mass is 10.1. The Morgan fingerprint density at radius 1 is 1.50 bits per heavy atom. The molecule has 0 aliphatic heterocycles. The van der Waals surface area contributed by atoms with Crippen molar-refractivity contribution in [3.63, 3.8) is 0 Å². The van der Waals surface area contributed by atoms with Gasteiger partial charge in [-0.1, -0.05) is 30.3 Å². The second kappa shape index (κ2) is 6.21. The third-order valence-electron chi connectivity index (χ3n) is 3.20. The summed E-state index contributed by atoms with van der Waals surface area (Å²) in [6.45, 7) is 0.918. The molecular formula is C14H18ClNO2. The van der Waals surface area contributed by atoms with Gasteiger partial charge < -0.3 is 10.1 Å². The number of methoxy groups -OCH3 is 1. The topological polar surface area (TPSA) is 38.3 Å². The number of hydrogen-bond acceptors (Lipinski definition) is 2. The molecule has 3 nitrogen and oxygen atoms in total. The highest BCUT2D eigenvalue weighted by molar-refractivity contribution is 6.21. The Morgan fingerprint density at radius 3 is 2.89 bits per heavy atom. The first kappa shape index (κ1) is 13.4. The molecule has 1 aliphatic rings. The molecule has 4 heteroatoms. The molecule has 3 atom stereocenters. The zero-order valence-electron chi connectivity index (χ0n) is 10.4. The van der Waals surface area contributed by atoms with Gasteiger partial charge in [0.2, 0.25) is 5.91 Å². The molecule has 18 heavy (non-hydrogen) atoms. The molecule has 1 fully saturated rings. The van der Waals surface area contributed by atoms with Crippen molar-refractivity contribution in [1.82, 2.24) is 5.32 Å². The minimum atomic E-state index is -0.159. The highest BCUT2D eigenvalue weighted by atomic mass is 35.5. The molecule has 0 radical (unpaired) electrons. The molecule has 98 valence electrons. The van der Waals surface area contributed by atoms with Crippen LogP contribution in [-0.4, -0.2) is 31.5 Å². The van der Waals surface area contributed by atoms with Gasteiger partial charge in [-0.2, -0.15) is 0 Å². The third-order valence-corrected chi connectivity index (χ3v) is 3.48. The molecule has 3 unspecified atom stereocenters. The average molecular weight is 268 g/mol. The van der Waals surface area contributed by atoms with Crippen molar-refractivity contribution in [2.24, 2.45) is 5.92 Å². The first-order chi connectivity index (χ1) is 8.72. The molecule has 0 saturated heterocycles. The lowest BCUT2D eigenvalue weighted by molar-refractivity contribution is -0.122. The number of alkyl halides is 1. The van der Waals surface area contributed by atoms with Gasteiger partial charge in [0, 0.05) is 19.6 Å². The summed E-state index contributed by atoms with van der Waals surface area (Å²) in [7, 11) is 1.60. The smallest absolute Gasteiger partial charge is 0.223 e. The highest BCUT2D eigenvalue weighted by Gasteiger charge is 2.43. The number of halogens is 1. The second-order valence-corrected chi connectivity index (χ2v) is 5.27. The van der Waals surface area contributed by atoms with Crippen LogP contribution in [-0.2, 0) is 9.53 Å². The quantitative estimate of drug-likeness (QED) is 0.802. The van der Waals surface area contributed by atoms with E-state index in [9.17, 15) is 4.79 Å². The van der Waals surface area contributed by atoms with Gasteiger partial charge in [-0.25, -0.2) is 0 Å². The van der Waals surface area contributed by atoms with E-state index < -0.39 is 0 Å². The summed E-state index contributed by atoms with van der Waals surface area (Å²) in [5.74, 6) is 0.590. The van der Waals surface area contributed by atoms with E-state index >= 15 is 0 Å². The van der Waals surface area contributed by atoms with Gasteiger partial charge in [0.15, 0.2) is 0 Å². The minimum Gasteiger partial charge on any atom is -0.383 e. The van der Waals surface area contributed by atoms with Gasteiger partial charge in [0.25, 0.3) is 0 Å². The fraction of sp³-hybridized carbons (Fsp3) is 0.500. The van der Waals surface area contributed by atoms with Crippen LogP contribution in [0.15, 0.2) is 30.3 Å². The van der Waals surface area contributed by atoms with Gasteiger partial charge in [0.1, 0.15) is 0 Å². The lowest BCUT2D eigenvalue weighted by Gasteiger charge is -2.09. The van der Waals surface area contributed by atoms with Crippen molar-refractivity contribution in [3.8, 4) is 0 Å². The number of rotatable bonds is 6. The standard InChI is InChI=1S/C14H18ClNO2/c1-18-9-11(15)8-16-14(17)13-7-12(13)10-5-3-2-4-6-10/h2-6,11-13H,7-9H2,1H3,(H,16,17). The van der Waals surface area contributed by atoms with E-state index in [4.69, 9.17) is 16.3 Å². The maximum atomic E-state index is 11.9. The summed E-state index contributed by atoms with van der Waals surface area (Å²) in [5, 5.41) is 2.72. The Bertz CT molecular complexity index is 396. The van der Waals surface area contributed by atoms with E-state index in [1.165, 1.54) is 5.56 Å². The maximum Gasteiger partial charge on any atom is 0.223 e. The molecule has 1 aromatic carbocycles. The van der Waals surface area contributed by atoms with Crippen LogP contribution in [0.4, 0.5) is 0 Å². The van der Waals surface area contributed by atoms with Gasteiger partial charge in [0.05, 0.1) is 12.0 Å². The SMILES string of the molecule is COCC(Cl)CNC(=O)C1CC1c1ccccc1. The minimum absolute atomic E-state index is 0.102. The average Bonchev–Trinajstić information content (AvgIpc) is 3.18. The fourth-order valence-electron chi connectivity index (χ4n) is 2.14. The van der Waals surface area contributed by atoms with Gasteiger partial charge >= 0.3 is 0 Å². The lowest BCUT2D eigenvalue weighted by Crippen LogP contribution is -2.32. The summed E-state index contributed by atoms with van der Waals surface area (Å²) in [6.07, 6.45) is 0.938. The van der Waals surface area contributed by atoms with Crippen molar-refractivity contribution in [1.29, 1.82) is 0 Å². The molecule has 1 aromatic rings. The summed E-state index contributed by atoms with van der Waals surface area (Å²) >= 11 is 5.96. The maximum absolute atomic E-state index is 11.9. The van der Waals surface area contributed by atoms with E-state index in [0.717, 1.165) is 6.42 Å². The summed E-state index contributed by atoms with van der Waals surface area (Å²) in [4.78, 5) is 11.9. The molecule has 1 N–H and O–H groups in total. The molecule has 1 amide bonds. The van der Waals surface area contributed by atoms with Crippen molar-refractivity contribution >= 4 is 17.5 Å². The van der Waals surface area contributed by atoms with Crippen LogP contribution in [0.25, 0.3) is 0 Å². The Kier molecular flexibility index (Phi) is 4.61. The van der Waals surface area contributed by atoms with E-state index in [0.29, 0.717) is 19.1 Å². The van der Waals surface area contributed by atoms with Crippen molar-refractivity contribution in [3.05, 3.63) is 35.9 Å². The van der Waals surface area contributed by atoms with Gasteiger partial charge in [-0.15, -0.1) is 11.6 Å². The molecule has 1 aliphatic carbocycles. The Labute approximate surface area is 112 Å². The number of carbonyl (C=O) groups excluding carboxylic acids is 1. The van der Waals surface area contributed by atoms with Crippen LogP contribution in [0.3, 0.4) is 0 Å². The van der Waals surface area contributed by atoms with E-state index in [1.54, 1.807) is 7.11 Å². The predicted molar refractivity (Wildman–Crippen MR) is 71.8 cm³/mol. The molecule has 0 spiro atoms. The number of benzene rings is 1. The Balaban J connectivity index is 1.76. The zero-order valence-corrected chi connectivity index (χ0v) is 11.2. The number of nitrogens with one attached hydrogen (secondary N) is 1. The molecule has 0 aromatic heterocycles. The van der Waals surface area contributed by atoms with Crippen LogP contribution in [0.5, 0.6) is 0 Å². The number of amides is 1. The van der Waals surface area contributed by atoms with Crippen LogP contribution >= 0.6 is 11.6 Å².